The van der Waals surface area contributed by atoms with Crippen molar-refractivity contribution in [3.8, 4) is 11.5 Å². The Labute approximate surface area is 94.8 Å². The van der Waals surface area contributed by atoms with Crippen LogP contribution in [-0.2, 0) is 5.60 Å². The van der Waals surface area contributed by atoms with Crippen LogP contribution in [0.2, 0.25) is 0 Å². The highest BCUT2D eigenvalue weighted by Gasteiger charge is 2.28. The quantitative estimate of drug-likeness (QED) is 0.863. The molecule has 0 bridgehead atoms. The molecule has 0 amide bonds. The normalized spacial score (nSPS) is 11.4. The molecule has 0 atom stereocenters. The summed E-state index contributed by atoms with van der Waals surface area (Å²) in [7, 11) is 2.79. The monoisotopic (exact) mass is 228 g/mol. The number of aryl methyl sites for hydroxylation is 1. The van der Waals surface area contributed by atoms with E-state index in [9.17, 15) is 9.50 Å². The van der Waals surface area contributed by atoms with Gasteiger partial charge in [-0.2, -0.15) is 0 Å². The van der Waals surface area contributed by atoms with E-state index in [2.05, 4.69) is 0 Å². The predicted molar refractivity (Wildman–Crippen MR) is 59.5 cm³/mol. The number of rotatable bonds is 3. The lowest BCUT2D eigenvalue weighted by molar-refractivity contribution is 0.0742. The lowest BCUT2D eigenvalue weighted by Gasteiger charge is -2.24. The maximum absolute atomic E-state index is 13.6. The first kappa shape index (κ1) is 12.8. The second-order valence-electron chi connectivity index (χ2n) is 4.18. The smallest absolute Gasteiger partial charge is 0.197 e. The molecule has 0 aliphatic heterocycles. The van der Waals surface area contributed by atoms with Crippen molar-refractivity contribution in [2.45, 2.75) is 26.4 Å². The molecule has 0 aliphatic carbocycles. The molecule has 1 aromatic rings. The molecule has 0 saturated carbocycles. The number of hydrogen-bond acceptors (Lipinski definition) is 3. The Balaban J connectivity index is 3.59. The van der Waals surface area contributed by atoms with E-state index in [0.29, 0.717) is 11.1 Å². The summed E-state index contributed by atoms with van der Waals surface area (Å²) in [6.07, 6.45) is 0. The summed E-state index contributed by atoms with van der Waals surface area (Å²) >= 11 is 0. The van der Waals surface area contributed by atoms with E-state index in [4.69, 9.17) is 9.47 Å². The van der Waals surface area contributed by atoms with Crippen molar-refractivity contribution in [2.24, 2.45) is 0 Å². The molecular formula is C12H17FO3. The average molecular weight is 228 g/mol. The fourth-order valence-corrected chi connectivity index (χ4v) is 1.87. The maximum Gasteiger partial charge on any atom is 0.197 e. The van der Waals surface area contributed by atoms with Gasteiger partial charge in [-0.3, -0.25) is 0 Å². The summed E-state index contributed by atoms with van der Waals surface area (Å²) in [5.41, 5.74) is 0.0482. The lowest BCUT2D eigenvalue weighted by Crippen LogP contribution is -2.19. The van der Waals surface area contributed by atoms with Crippen molar-refractivity contribution in [3.05, 3.63) is 23.0 Å². The van der Waals surface area contributed by atoms with Gasteiger partial charge in [0.05, 0.1) is 19.8 Å². The number of methoxy groups -OCH3 is 2. The summed E-state index contributed by atoms with van der Waals surface area (Å²) in [6.45, 7) is 4.96. The Morgan fingerprint density at radius 1 is 1.19 bits per heavy atom. The Morgan fingerprint density at radius 3 is 2.06 bits per heavy atom. The molecule has 1 N–H and O–H groups in total. The number of halogens is 1. The first-order valence-electron chi connectivity index (χ1n) is 4.96. The molecule has 90 valence electrons. The van der Waals surface area contributed by atoms with Gasteiger partial charge in [0.25, 0.3) is 0 Å². The summed E-state index contributed by atoms with van der Waals surface area (Å²) in [4.78, 5) is 0. The van der Waals surface area contributed by atoms with Gasteiger partial charge < -0.3 is 14.6 Å². The number of ether oxygens (including phenoxy) is 2. The molecule has 0 spiro atoms. The van der Waals surface area contributed by atoms with Crippen LogP contribution in [0.3, 0.4) is 0 Å². The van der Waals surface area contributed by atoms with Crippen LogP contribution in [0, 0.1) is 12.7 Å². The summed E-state index contributed by atoms with van der Waals surface area (Å²) in [6, 6.07) is 1.33. The van der Waals surface area contributed by atoms with E-state index in [0.717, 1.165) is 0 Å². The van der Waals surface area contributed by atoms with Crippen LogP contribution in [-0.4, -0.2) is 19.3 Å². The molecule has 0 unspecified atom stereocenters. The molecule has 0 heterocycles. The highest BCUT2D eigenvalue weighted by Crippen LogP contribution is 2.41. The Hall–Kier alpha value is -1.29. The van der Waals surface area contributed by atoms with Gasteiger partial charge in [0.2, 0.25) is 0 Å². The first-order valence-corrected chi connectivity index (χ1v) is 4.96. The largest absolute Gasteiger partial charge is 0.492 e. The zero-order chi connectivity index (χ0) is 12.5. The Bertz CT molecular complexity index is 394. The molecule has 1 rings (SSSR count). The maximum atomic E-state index is 13.6. The van der Waals surface area contributed by atoms with E-state index in [-0.39, 0.29) is 11.5 Å². The molecule has 4 heteroatoms. The second kappa shape index (κ2) is 4.29. The van der Waals surface area contributed by atoms with Gasteiger partial charge in [0, 0.05) is 5.56 Å². The van der Waals surface area contributed by atoms with Gasteiger partial charge in [-0.1, -0.05) is 0 Å². The molecular weight excluding hydrogens is 211 g/mol. The van der Waals surface area contributed by atoms with Crippen molar-refractivity contribution < 1.29 is 19.0 Å². The summed E-state index contributed by atoms with van der Waals surface area (Å²) in [5, 5.41) is 10.0. The van der Waals surface area contributed by atoms with Gasteiger partial charge in [0.1, 0.15) is 0 Å². The molecule has 0 saturated heterocycles. The van der Waals surface area contributed by atoms with Gasteiger partial charge in [-0.15, -0.1) is 0 Å². The number of benzene rings is 1. The Morgan fingerprint density at radius 2 is 1.69 bits per heavy atom. The van der Waals surface area contributed by atoms with Gasteiger partial charge in [0.15, 0.2) is 17.3 Å². The molecule has 16 heavy (non-hydrogen) atoms. The molecule has 3 nitrogen and oxygen atoms in total. The molecule has 0 fully saturated rings. The van der Waals surface area contributed by atoms with Crippen LogP contribution in [0.4, 0.5) is 4.39 Å². The molecule has 0 radical (unpaired) electrons. The topological polar surface area (TPSA) is 38.7 Å². The van der Waals surface area contributed by atoms with Crippen molar-refractivity contribution in [1.29, 1.82) is 0 Å². The number of aliphatic hydroxyl groups is 1. The molecule has 0 aliphatic rings. The SMILES string of the molecule is COc1c(F)cc(C)c(C(C)(C)O)c1OC. The van der Waals surface area contributed by atoms with Crippen molar-refractivity contribution >= 4 is 0 Å². The minimum Gasteiger partial charge on any atom is -0.492 e. The second-order valence-corrected chi connectivity index (χ2v) is 4.18. The third-order valence-corrected chi connectivity index (χ3v) is 2.41. The van der Waals surface area contributed by atoms with Crippen LogP contribution in [0.15, 0.2) is 6.07 Å². The summed E-state index contributed by atoms with van der Waals surface area (Å²) < 4.78 is 23.7. The molecule has 0 aromatic heterocycles. The fraction of sp³-hybridized carbons (Fsp3) is 0.500. The zero-order valence-electron chi connectivity index (χ0n) is 10.2. The van der Waals surface area contributed by atoms with E-state index in [1.165, 1.54) is 20.3 Å². The molecule has 1 aromatic carbocycles. The minimum absolute atomic E-state index is 0.0187. The van der Waals surface area contributed by atoms with Crippen molar-refractivity contribution in [2.75, 3.05) is 14.2 Å². The third-order valence-electron chi connectivity index (χ3n) is 2.41. The predicted octanol–water partition coefficient (Wildman–Crippen LogP) is 2.38. The zero-order valence-corrected chi connectivity index (χ0v) is 10.2. The van der Waals surface area contributed by atoms with Gasteiger partial charge in [-0.25, -0.2) is 4.39 Å². The van der Waals surface area contributed by atoms with Crippen LogP contribution in [0.1, 0.15) is 25.0 Å². The van der Waals surface area contributed by atoms with Gasteiger partial charge >= 0.3 is 0 Å². The van der Waals surface area contributed by atoms with E-state index >= 15 is 0 Å². The van der Waals surface area contributed by atoms with Crippen LogP contribution in [0.25, 0.3) is 0 Å². The lowest BCUT2D eigenvalue weighted by atomic mass is 9.92. The highest BCUT2D eigenvalue weighted by atomic mass is 19.1. The average Bonchev–Trinajstić information content (AvgIpc) is 2.14. The Kier molecular flexibility index (Phi) is 3.43. The van der Waals surface area contributed by atoms with Gasteiger partial charge in [-0.05, 0) is 32.4 Å². The van der Waals surface area contributed by atoms with E-state index in [1.807, 2.05) is 0 Å². The van der Waals surface area contributed by atoms with Crippen LogP contribution in [0.5, 0.6) is 11.5 Å². The van der Waals surface area contributed by atoms with Crippen LogP contribution >= 0.6 is 0 Å². The fourth-order valence-electron chi connectivity index (χ4n) is 1.87. The van der Waals surface area contributed by atoms with Crippen molar-refractivity contribution in [1.82, 2.24) is 0 Å². The first-order chi connectivity index (χ1) is 7.32. The number of hydrogen-bond donors (Lipinski definition) is 1. The minimum atomic E-state index is -1.11. The summed E-state index contributed by atoms with van der Waals surface area (Å²) in [5.74, 6) is -0.234. The van der Waals surface area contributed by atoms with E-state index in [1.54, 1.807) is 20.8 Å². The standard InChI is InChI=1S/C12H17FO3/c1-7-6-8(13)10(15-4)11(16-5)9(7)12(2,3)14/h6,14H,1-5H3. The highest BCUT2D eigenvalue weighted by molar-refractivity contribution is 5.53. The van der Waals surface area contributed by atoms with Crippen LogP contribution < -0.4 is 9.47 Å². The third kappa shape index (κ3) is 2.11. The van der Waals surface area contributed by atoms with Crippen molar-refractivity contribution in [3.63, 3.8) is 0 Å². The van der Waals surface area contributed by atoms with E-state index < -0.39 is 11.4 Å².